The van der Waals surface area contributed by atoms with Crippen molar-refractivity contribution in [1.82, 2.24) is 15.3 Å². The molecule has 2 aliphatic rings. The summed E-state index contributed by atoms with van der Waals surface area (Å²) >= 11 is 3.53. The fourth-order valence-corrected chi connectivity index (χ4v) is 6.79. The molecule has 2 aliphatic heterocycles. The van der Waals surface area contributed by atoms with Gasteiger partial charge in [-0.15, -0.1) is 12.4 Å². The number of aromatic nitrogens is 2. The number of hydrogen-bond acceptors (Lipinski definition) is 6. The monoisotopic (exact) mass is 884 g/mol. The normalized spacial score (nSPS) is 16.2. The smallest absolute Gasteiger partial charge is 0.417 e. The fraction of sp³-hybridized carbons (Fsp3) is 0.227. The number of anilines is 1. The molecular formula is C44H40BrClF6N4O2. The van der Waals surface area contributed by atoms with Gasteiger partial charge in [-0.05, 0) is 53.9 Å². The molecule has 6 aromatic rings. The molecule has 0 spiro atoms. The Morgan fingerprint density at radius 1 is 0.586 bits per heavy atom. The topological polar surface area (TPSA) is 59.5 Å². The zero-order valence-electron chi connectivity index (χ0n) is 31.0. The highest BCUT2D eigenvalue weighted by Gasteiger charge is 2.32. The zero-order chi connectivity index (χ0) is 40.3. The second-order valence-electron chi connectivity index (χ2n) is 13.2. The number of nitrogens with one attached hydrogen (secondary N) is 1. The first-order chi connectivity index (χ1) is 27.4. The Morgan fingerprint density at radius 2 is 1.09 bits per heavy atom. The second-order valence-corrected chi connectivity index (χ2v) is 14.1. The lowest BCUT2D eigenvalue weighted by atomic mass is 10.0. The fourth-order valence-electron chi connectivity index (χ4n) is 6.27. The van der Waals surface area contributed by atoms with Gasteiger partial charge >= 0.3 is 12.4 Å². The number of benzene rings is 4. The first-order valence-corrected chi connectivity index (χ1v) is 19.0. The Kier molecular flexibility index (Phi) is 15.6. The minimum atomic E-state index is -4.39. The first-order valence-electron chi connectivity index (χ1n) is 18.2. The molecule has 0 radical (unpaired) electrons. The van der Waals surface area contributed by atoms with Crippen LogP contribution in [-0.2, 0) is 12.4 Å². The summed E-state index contributed by atoms with van der Waals surface area (Å²) in [4.78, 5) is 9.70. The predicted octanol–water partition coefficient (Wildman–Crippen LogP) is 11.8. The Balaban J connectivity index is 0.000000181. The summed E-state index contributed by atoms with van der Waals surface area (Å²) in [5.41, 5.74) is 4.37. The molecule has 304 valence electrons. The molecular weight excluding hydrogens is 846 g/mol. The van der Waals surface area contributed by atoms with Gasteiger partial charge in [0.25, 0.3) is 0 Å². The predicted molar refractivity (Wildman–Crippen MR) is 220 cm³/mol. The van der Waals surface area contributed by atoms with E-state index in [0.717, 1.165) is 71.7 Å². The van der Waals surface area contributed by atoms with E-state index in [1.165, 1.54) is 23.3 Å². The molecule has 8 rings (SSSR count). The molecule has 0 saturated carbocycles. The van der Waals surface area contributed by atoms with Crippen LogP contribution in [0.15, 0.2) is 150 Å². The lowest BCUT2D eigenvalue weighted by Gasteiger charge is -2.22. The molecule has 58 heavy (non-hydrogen) atoms. The minimum Gasteiger partial charge on any atom is -0.473 e. The average Bonchev–Trinajstić information content (AvgIpc) is 3.92. The van der Waals surface area contributed by atoms with Crippen LogP contribution < -0.4 is 19.7 Å². The van der Waals surface area contributed by atoms with E-state index >= 15 is 0 Å². The maximum Gasteiger partial charge on any atom is 0.417 e. The lowest BCUT2D eigenvalue weighted by Crippen LogP contribution is -2.25. The number of rotatable bonds is 7. The van der Waals surface area contributed by atoms with Gasteiger partial charge in [0, 0.05) is 59.8 Å². The van der Waals surface area contributed by atoms with E-state index in [2.05, 4.69) is 96.8 Å². The van der Waals surface area contributed by atoms with E-state index in [4.69, 9.17) is 9.47 Å². The molecule has 0 aliphatic carbocycles. The summed E-state index contributed by atoms with van der Waals surface area (Å²) < 4.78 is 87.0. The number of ether oxygens (including phenoxy) is 2. The Bertz CT molecular complexity index is 2140. The van der Waals surface area contributed by atoms with Crippen molar-refractivity contribution >= 4 is 34.0 Å². The first kappa shape index (κ1) is 44.0. The van der Waals surface area contributed by atoms with Gasteiger partial charge in [-0.3, -0.25) is 0 Å². The molecule has 0 amide bonds. The largest absolute Gasteiger partial charge is 0.473 e. The van der Waals surface area contributed by atoms with Crippen molar-refractivity contribution in [2.75, 3.05) is 31.1 Å². The van der Waals surface area contributed by atoms with Gasteiger partial charge in [0.1, 0.15) is 12.2 Å². The summed E-state index contributed by atoms with van der Waals surface area (Å²) in [5.74, 6) is 0.456. The molecule has 0 unspecified atom stereocenters. The summed E-state index contributed by atoms with van der Waals surface area (Å²) in [6, 6.07) is 41.5. The van der Waals surface area contributed by atoms with Crippen LogP contribution in [0.1, 0.15) is 24.0 Å². The highest BCUT2D eigenvalue weighted by atomic mass is 79.9. The standard InChI is InChI=1S/C22H19F3N2O.C12H9Br.C10H11F3N2O.ClH/c23-22(24,25)17-10-11-21(26-14-17)28-18-12-13-27(15-18)20-9-5-4-8-19(20)16-6-2-1-3-7-16;13-12-9-5-4-8-11(12)10-6-2-1-3-7-10;11-10(12,13)7-1-2-9(15-5-7)16-8-3-4-14-6-8;/h1-11,14,18H,12-13,15H2;1-9H;1-2,5,8,14H,3-4,6H2;1H/t18-;;8-;/m1.1./s1. The van der Waals surface area contributed by atoms with E-state index < -0.39 is 23.5 Å². The highest BCUT2D eigenvalue weighted by Crippen LogP contribution is 2.34. The van der Waals surface area contributed by atoms with Crippen LogP contribution in [0.3, 0.4) is 0 Å². The minimum absolute atomic E-state index is 0. The van der Waals surface area contributed by atoms with Crippen LogP contribution >= 0.6 is 28.3 Å². The van der Waals surface area contributed by atoms with Crippen molar-refractivity contribution in [2.45, 2.75) is 37.4 Å². The third-order valence-electron chi connectivity index (χ3n) is 9.15. The van der Waals surface area contributed by atoms with Crippen molar-refractivity contribution in [3.05, 3.63) is 161 Å². The van der Waals surface area contributed by atoms with Crippen LogP contribution in [0.4, 0.5) is 32.0 Å². The molecule has 2 fully saturated rings. The molecule has 4 aromatic carbocycles. The van der Waals surface area contributed by atoms with Crippen molar-refractivity contribution < 1.29 is 35.8 Å². The molecule has 0 bridgehead atoms. The SMILES string of the molecule is Brc1ccccc1-c1ccccc1.Cl.FC(F)(F)c1ccc(O[C@@H]2CCN(c3ccccc3-c3ccccc3)C2)nc1.FC(F)(F)c1ccc(O[C@@H]2CCNC2)nc1. The van der Waals surface area contributed by atoms with Gasteiger partial charge in [0.05, 0.1) is 17.7 Å². The molecule has 2 saturated heterocycles. The molecule has 4 heterocycles. The lowest BCUT2D eigenvalue weighted by molar-refractivity contribution is -0.138. The number of alkyl halides is 6. The Labute approximate surface area is 347 Å². The summed E-state index contributed by atoms with van der Waals surface area (Å²) in [6.45, 7) is 3.05. The van der Waals surface area contributed by atoms with Crippen LogP contribution in [0.25, 0.3) is 22.3 Å². The van der Waals surface area contributed by atoms with Crippen molar-refractivity contribution in [1.29, 1.82) is 0 Å². The van der Waals surface area contributed by atoms with E-state index in [0.29, 0.717) is 13.1 Å². The maximum atomic E-state index is 12.7. The average molecular weight is 886 g/mol. The Morgan fingerprint density at radius 3 is 1.59 bits per heavy atom. The summed E-state index contributed by atoms with van der Waals surface area (Å²) in [6.07, 6.45) is -5.62. The van der Waals surface area contributed by atoms with Gasteiger partial charge in [-0.2, -0.15) is 26.3 Å². The number of para-hydroxylation sites is 1. The Hall–Kier alpha value is -5.11. The zero-order valence-corrected chi connectivity index (χ0v) is 33.4. The third-order valence-corrected chi connectivity index (χ3v) is 9.84. The third kappa shape index (κ3) is 12.4. The van der Waals surface area contributed by atoms with E-state index in [1.54, 1.807) is 0 Å². The van der Waals surface area contributed by atoms with Gasteiger partial charge in [0.15, 0.2) is 0 Å². The molecule has 1 N–H and O–H groups in total. The van der Waals surface area contributed by atoms with Crippen molar-refractivity contribution in [3.8, 4) is 34.0 Å². The van der Waals surface area contributed by atoms with Crippen LogP contribution in [0.5, 0.6) is 11.8 Å². The molecule has 2 atom stereocenters. The van der Waals surface area contributed by atoms with Gasteiger partial charge < -0.3 is 19.7 Å². The maximum absolute atomic E-state index is 12.7. The summed E-state index contributed by atoms with van der Waals surface area (Å²) in [5, 5.41) is 3.10. The van der Waals surface area contributed by atoms with E-state index in [-0.39, 0.29) is 36.4 Å². The quantitative estimate of drug-likeness (QED) is 0.161. The van der Waals surface area contributed by atoms with Gasteiger partial charge in [-0.25, -0.2) is 9.97 Å². The number of pyridine rings is 2. The second kappa shape index (κ2) is 20.5. The van der Waals surface area contributed by atoms with Crippen molar-refractivity contribution in [2.24, 2.45) is 0 Å². The highest BCUT2D eigenvalue weighted by molar-refractivity contribution is 9.10. The molecule has 14 heteroatoms. The van der Waals surface area contributed by atoms with Gasteiger partial charge in [-0.1, -0.05) is 113 Å². The molecule has 6 nitrogen and oxygen atoms in total. The summed E-state index contributed by atoms with van der Waals surface area (Å²) in [7, 11) is 0. The van der Waals surface area contributed by atoms with Crippen LogP contribution in [0, 0.1) is 0 Å². The van der Waals surface area contributed by atoms with Crippen LogP contribution in [-0.4, -0.2) is 48.4 Å². The molecule has 2 aromatic heterocycles. The number of nitrogens with zero attached hydrogens (tertiary/aromatic N) is 3. The number of hydrogen-bond donors (Lipinski definition) is 1. The van der Waals surface area contributed by atoms with Crippen LogP contribution in [0.2, 0.25) is 0 Å². The van der Waals surface area contributed by atoms with E-state index in [9.17, 15) is 26.3 Å². The van der Waals surface area contributed by atoms with Gasteiger partial charge in [0.2, 0.25) is 11.8 Å². The number of halogens is 8. The van der Waals surface area contributed by atoms with E-state index in [1.807, 2.05) is 48.5 Å². The van der Waals surface area contributed by atoms with Crippen molar-refractivity contribution in [3.63, 3.8) is 0 Å².